The van der Waals surface area contributed by atoms with Crippen molar-refractivity contribution >= 4 is 5.91 Å². The number of nitrogens with one attached hydrogen (secondary N) is 1. The summed E-state index contributed by atoms with van der Waals surface area (Å²) in [6.45, 7) is 2.59. The van der Waals surface area contributed by atoms with E-state index in [4.69, 9.17) is 14.7 Å². The molecule has 0 saturated carbocycles. The molecule has 1 amide bonds. The van der Waals surface area contributed by atoms with Gasteiger partial charge in [-0.15, -0.1) is 0 Å². The van der Waals surface area contributed by atoms with Gasteiger partial charge in [-0.3, -0.25) is 10.0 Å². The second kappa shape index (κ2) is 10.5. The maximum atomic E-state index is 11.5. The lowest BCUT2D eigenvalue weighted by atomic mass is 10.0. The molecule has 5 heteroatoms. The number of benzene rings is 2. The summed E-state index contributed by atoms with van der Waals surface area (Å²) in [4.78, 5) is 11.5. The van der Waals surface area contributed by atoms with Gasteiger partial charge in [-0.25, -0.2) is 5.48 Å². The number of rotatable bonds is 10. The second-order valence-electron chi connectivity index (χ2n) is 6.22. The van der Waals surface area contributed by atoms with Gasteiger partial charge in [0.05, 0.1) is 7.11 Å². The van der Waals surface area contributed by atoms with Gasteiger partial charge in [-0.1, -0.05) is 50.5 Å². The molecule has 0 spiro atoms. The van der Waals surface area contributed by atoms with Gasteiger partial charge in [-0.2, -0.15) is 0 Å². The average molecular weight is 357 g/mol. The summed E-state index contributed by atoms with van der Waals surface area (Å²) in [6.07, 6.45) is 6.15. The summed E-state index contributed by atoms with van der Waals surface area (Å²) >= 11 is 0. The summed E-state index contributed by atoms with van der Waals surface area (Å²) in [5.74, 6) is 0.397. The molecule has 0 aromatic heterocycles. The number of hydroxylamine groups is 1. The number of hydrogen-bond donors (Lipinski definition) is 2. The highest BCUT2D eigenvalue weighted by molar-refractivity contribution is 5.94. The van der Waals surface area contributed by atoms with E-state index in [1.54, 1.807) is 30.8 Å². The minimum absolute atomic E-state index is 0.297. The maximum Gasteiger partial charge on any atom is 0.274 e. The van der Waals surface area contributed by atoms with E-state index in [-0.39, 0.29) is 0 Å². The van der Waals surface area contributed by atoms with Gasteiger partial charge in [0.1, 0.15) is 6.61 Å². The summed E-state index contributed by atoms with van der Waals surface area (Å²) in [7, 11) is 1.54. The molecule has 26 heavy (non-hydrogen) atoms. The van der Waals surface area contributed by atoms with Gasteiger partial charge in [0.15, 0.2) is 11.5 Å². The Bertz CT molecular complexity index is 698. The lowest BCUT2D eigenvalue weighted by molar-refractivity contribution is 0.0706. The highest BCUT2D eigenvalue weighted by Gasteiger charge is 2.11. The van der Waals surface area contributed by atoms with Gasteiger partial charge in [0.2, 0.25) is 0 Å². The maximum absolute atomic E-state index is 11.5. The van der Waals surface area contributed by atoms with E-state index in [1.165, 1.54) is 31.2 Å². The smallest absolute Gasteiger partial charge is 0.274 e. The molecule has 0 heterocycles. The minimum atomic E-state index is -0.593. The Morgan fingerprint density at radius 1 is 1.00 bits per heavy atom. The van der Waals surface area contributed by atoms with Crippen molar-refractivity contribution in [2.75, 3.05) is 7.11 Å². The second-order valence-corrected chi connectivity index (χ2v) is 6.22. The molecule has 0 fully saturated rings. The van der Waals surface area contributed by atoms with Crippen molar-refractivity contribution in [2.24, 2.45) is 0 Å². The van der Waals surface area contributed by atoms with E-state index in [2.05, 4.69) is 31.2 Å². The Balaban J connectivity index is 1.96. The third-order valence-corrected chi connectivity index (χ3v) is 4.26. The molecule has 2 rings (SSSR count). The molecule has 0 unspecified atom stereocenters. The van der Waals surface area contributed by atoms with Crippen LogP contribution in [-0.2, 0) is 13.0 Å². The fourth-order valence-corrected chi connectivity index (χ4v) is 2.71. The molecule has 140 valence electrons. The van der Waals surface area contributed by atoms with Gasteiger partial charge >= 0.3 is 0 Å². The predicted molar refractivity (Wildman–Crippen MR) is 101 cm³/mol. The lowest BCUT2D eigenvalue weighted by Gasteiger charge is -2.12. The number of ether oxygens (including phenoxy) is 2. The van der Waals surface area contributed by atoms with Crippen LogP contribution < -0.4 is 15.0 Å². The largest absolute Gasteiger partial charge is 0.493 e. The van der Waals surface area contributed by atoms with Crippen LogP contribution in [0, 0.1) is 0 Å². The molecule has 0 aliphatic rings. The van der Waals surface area contributed by atoms with Crippen molar-refractivity contribution in [1.29, 1.82) is 0 Å². The van der Waals surface area contributed by atoms with E-state index < -0.39 is 5.91 Å². The molecule has 0 bridgehead atoms. The van der Waals surface area contributed by atoms with Crippen molar-refractivity contribution in [3.63, 3.8) is 0 Å². The van der Waals surface area contributed by atoms with E-state index in [0.717, 1.165) is 12.0 Å². The minimum Gasteiger partial charge on any atom is -0.493 e. The molecule has 2 N–H and O–H groups in total. The number of aryl methyl sites for hydroxylation is 1. The normalized spacial score (nSPS) is 10.4. The fraction of sp³-hybridized carbons (Fsp3) is 0.381. The highest BCUT2D eigenvalue weighted by Crippen LogP contribution is 2.29. The summed E-state index contributed by atoms with van der Waals surface area (Å²) in [5, 5.41) is 8.76. The Kier molecular flexibility index (Phi) is 7.96. The van der Waals surface area contributed by atoms with Crippen molar-refractivity contribution in [1.82, 2.24) is 5.48 Å². The van der Waals surface area contributed by atoms with E-state index in [0.29, 0.717) is 23.7 Å². The predicted octanol–water partition coefficient (Wildman–Crippen LogP) is 4.52. The Morgan fingerprint density at radius 3 is 2.38 bits per heavy atom. The van der Waals surface area contributed by atoms with Crippen LogP contribution >= 0.6 is 0 Å². The molecule has 0 aliphatic heterocycles. The number of unbranched alkanes of at least 4 members (excludes halogenated alkanes) is 3. The van der Waals surface area contributed by atoms with Crippen LogP contribution in [0.1, 0.15) is 54.1 Å². The number of hydrogen-bond acceptors (Lipinski definition) is 4. The SMILES string of the molecule is CCCCCCc1ccc(COc2cc(C(=O)NO)ccc2OC)cc1. The number of carbonyl (C=O) groups excluding carboxylic acids is 1. The van der Waals surface area contributed by atoms with Gasteiger partial charge in [0, 0.05) is 5.56 Å². The fourth-order valence-electron chi connectivity index (χ4n) is 2.71. The van der Waals surface area contributed by atoms with Crippen LogP contribution in [0.3, 0.4) is 0 Å². The molecule has 2 aromatic carbocycles. The van der Waals surface area contributed by atoms with E-state index in [9.17, 15) is 4.79 Å². The Morgan fingerprint density at radius 2 is 1.73 bits per heavy atom. The van der Waals surface area contributed by atoms with Crippen LogP contribution in [-0.4, -0.2) is 18.2 Å². The molecule has 0 saturated heterocycles. The molecule has 2 aromatic rings. The first kappa shape index (κ1) is 19.8. The topological polar surface area (TPSA) is 67.8 Å². The highest BCUT2D eigenvalue weighted by atomic mass is 16.5. The molecule has 0 radical (unpaired) electrons. The Hall–Kier alpha value is -2.53. The molecular formula is C21H27NO4. The van der Waals surface area contributed by atoms with Crippen molar-refractivity contribution in [3.05, 3.63) is 59.2 Å². The van der Waals surface area contributed by atoms with Crippen LogP contribution in [0.2, 0.25) is 0 Å². The zero-order valence-electron chi connectivity index (χ0n) is 15.5. The summed E-state index contributed by atoms with van der Waals surface area (Å²) in [6, 6.07) is 13.1. The quantitative estimate of drug-likeness (QED) is 0.373. The van der Waals surface area contributed by atoms with Gasteiger partial charge in [-0.05, 0) is 42.2 Å². The standard InChI is InChI=1S/C21H27NO4/c1-3-4-5-6-7-16-8-10-17(11-9-16)15-26-20-14-18(21(23)22-24)12-13-19(20)25-2/h8-14,24H,3-7,15H2,1-2H3,(H,22,23). The third kappa shape index (κ3) is 5.77. The number of amides is 1. The first-order chi connectivity index (χ1) is 12.7. The molecule has 5 nitrogen and oxygen atoms in total. The zero-order valence-corrected chi connectivity index (χ0v) is 15.5. The van der Waals surface area contributed by atoms with Crippen LogP contribution in [0.15, 0.2) is 42.5 Å². The zero-order chi connectivity index (χ0) is 18.8. The van der Waals surface area contributed by atoms with Crippen molar-refractivity contribution in [2.45, 2.75) is 45.6 Å². The lowest BCUT2D eigenvalue weighted by Crippen LogP contribution is -2.18. The van der Waals surface area contributed by atoms with Crippen LogP contribution in [0.25, 0.3) is 0 Å². The summed E-state index contributed by atoms with van der Waals surface area (Å²) in [5.41, 5.74) is 4.29. The molecule has 0 atom stereocenters. The third-order valence-electron chi connectivity index (χ3n) is 4.26. The van der Waals surface area contributed by atoms with Crippen molar-refractivity contribution < 1.29 is 19.5 Å². The van der Waals surface area contributed by atoms with E-state index in [1.807, 2.05) is 0 Å². The average Bonchev–Trinajstić information content (AvgIpc) is 2.69. The monoisotopic (exact) mass is 357 g/mol. The number of methoxy groups -OCH3 is 1. The van der Waals surface area contributed by atoms with Crippen LogP contribution in [0.5, 0.6) is 11.5 Å². The van der Waals surface area contributed by atoms with E-state index >= 15 is 0 Å². The first-order valence-corrected chi connectivity index (χ1v) is 9.01. The molecule has 0 aliphatic carbocycles. The first-order valence-electron chi connectivity index (χ1n) is 9.01. The van der Waals surface area contributed by atoms with Gasteiger partial charge < -0.3 is 9.47 Å². The summed E-state index contributed by atoms with van der Waals surface area (Å²) < 4.78 is 11.1. The van der Waals surface area contributed by atoms with Crippen LogP contribution in [0.4, 0.5) is 0 Å². The Labute approximate surface area is 154 Å². The molecular weight excluding hydrogens is 330 g/mol. The van der Waals surface area contributed by atoms with Gasteiger partial charge in [0.25, 0.3) is 5.91 Å². The van der Waals surface area contributed by atoms with Crippen molar-refractivity contribution in [3.8, 4) is 11.5 Å². The number of carbonyl (C=O) groups is 1.